The average molecular weight is 191 g/mol. The van der Waals surface area contributed by atoms with Gasteiger partial charge >= 0.3 is 0 Å². The number of aromatic nitrogens is 1. The predicted octanol–water partition coefficient (Wildman–Crippen LogP) is 0.273. The lowest BCUT2D eigenvalue weighted by Gasteiger charge is -2.05. The number of aliphatic hydroxyl groups is 1. The molecule has 0 saturated heterocycles. The van der Waals surface area contributed by atoms with E-state index in [0.29, 0.717) is 11.4 Å². The molecule has 0 radical (unpaired) electrons. The first-order chi connectivity index (χ1) is 6.63. The monoisotopic (exact) mass is 191 g/mol. The van der Waals surface area contributed by atoms with Crippen LogP contribution in [0.15, 0.2) is 18.3 Å². The Morgan fingerprint density at radius 2 is 2.43 bits per heavy atom. The number of nitriles is 1. The van der Waals surface area contributed by atoms with Gasteiger partial charge in [0.2, 0.25) is 0 Å². The van der Waals surface area contributed by atoms with Crippen LogP contribution in [0, 0.1) is 11.3 Å². The topological polar surface area (TPSA) is 86.0 Å². The van der Waals surface area contributed by atoms with Crippen molar-refractivity contribution in [3.8, 4) is 6.07 Å². The van der Waals surface area contributed by atoms with Gasteiger partial charge in [0.25, 0.3) is 5.91 Å². The van der Waals surface area contributed by atoms with Crippen molar-refractivity contribution in [2.75, 3.05) is 5.32 Å². The molecule has 5 heteroatoms. The first-order valence-electron chi connectivity index (χ1n) is 3.98. The third-order valence-electron chi connectivity index (χ3n) is 1.52. The number of carbonyl (C=O) groups excluding carboxylic acids is 1. The molecule has 1 aromatic rings. The Balaban J connectivity index is 2.70. The molecule has 5 nitrogen and oxygen atoms in total. The number of anilines is 1. The molecule has 2 N–H and O–H groups in total. The minimum atomic E-state index is -1.08. The number of nitrogens with zero attached hydrogens (tertiary/aromatic N) is 2. The number of hydrogen-bond donors (Lipinski definition) is 2. The van der Waals surface area contributed by atoms with E-state index in [0.717, 1.165) is 0 Å². The van der Waals surface area contributed by atoms with Gasteiger partial charge in [0, 0.05) is 6.20 Å². The van der Waals surface area contributed by atoms with Gasteiger partial charge in [-0.3, -0.25) is 4.79 Å². The summed E-state index contributed by atoms with van der Waals surface area (Å²) in [6.45, 7) is 1.36. The van der Waals surface area contributed by atoms with Gasteiger partial charge in [-0.25, -0.2) is 4.98 Å². The molecule has 0 saturated carbocycles. The van der Waals surface area contributed by atoms with Gasteiger partial charge < -0.3 is 10.4 Å². The Hall–Kier alpha value is -1.93. The van der Waals surface area contributed by atoms with E-state index in [2.05, 4.69) is 10.3 Å². The van der Waals surface area contributed by atoms with Crippen molar-refractivity contribution < 1.29 is 9.90 Å². The first kappa shape index (κ1) is 10.2. The van der Waals surface area contributed by atoms with E-state index >= 15 is 0 Å². The molecule has 0 bridgehead atoms. The van der Waals surface area contributed by atoms with Gasteiger partial charge in [-0.15, -0.1) is 0 Å². The minimum Gasteiger partial charge on any atom is -0.384 e. The summed E-state index contributed by atoms with van der Waals surface area (Å²) >= 11 is 0. The summed E-state index contributed by atoms with van der Waals surface area (Å²) in [4.78, 5) is 14.8. The predicted molar refractivity (Wildman–Crippen MR) is 49.3 cm³/mol. The van der Waals surface area contributed by atoms with E-state index in [1.807, 2.05) is 6.07 Å². The fourth-order valence-electron chi connectivity index (χ4n) is 0.765. The zero-order valence-corrected chi connectivity index (χ0v) is 7.56. The molecule has 0 fully saturated rings. The van der Waals surface area contributed by atoms with Gasteiger partial charge in [-0.1, -0.05) is 0 Å². The smallest absolute Gasteiger partial charge is 0.254 e. The van der Waals surface area contributed by atoms with E-state index in [1.54, 1.807) is 0 Å². The normalized spacial score (nSPS) is 11.5. The maximum absolute atomic E-state index is 11.0. The van der Waals surface area contributed by atoms with Gasteiger partial charge in [0.1, 0.15) is 18.0 Å². The Labute approximate surface area is 81.0 Å². The standard InChI is InChI=1S/C9H9N3O2/c1-6(13)9(14)12-8-3-2-7(4-10)5-11-8/h2-3,5-6,13H,1H3,(H,11,12,14). The lowest BCUT2D eigenvalue weighted by molar-refractivity contribution is -0.123. The maximum atomic E-state index is 11.0. The van der Waals surface area contributed by atoms with Crippen molar-refractivity contribution in [3.63, 3.8) is 0 Å². The van der Waals surface area contributed by atoms with Crippen LogP contribution in [0.1, 0.15) is 12.5 Å². The fraction of sp³-hybridized carbons (Fsp3) is 0.222. The quantitative estimate of drug-likeness (QED) is 0.702. The Bertz CT molecular complexity index is 365. The average Bonchev–Trinajstić information content (AvgIpc) is 2.19. The minimum absolute atomic E-state index is 0.315. The van der Waals surface area contributed by atoms with Crippen LogP contribution in [0.4, 0.5) is 5.82 Å². The summed E-state index contributed by atoms with van der Waals surface area (Å²) in [5, 5.41) is 19.8. The highest BCUT2D eigenvalue weighted by Crippen LogP contribution is 2.04. The SMILES string of the molecule is CC(O)C(=O)Nc1ccc(C#N)cn1. The van der Waals surface area contributed by atoms with Crippen LogP contribution < -0.4 is 5.32 Å². The van der Waals surface area contributed by atoms with Crippen LogP contribution in [0.5, 0.6) is 0 Å². The van der Waals surface area contributed by atoms with Gasteiger partial charge in [0.15, 0.2) is 0 Å². The number of hydrogen-bond acceptors (Lipinski definition) is 4. The number of nitrogens with one attached hydrogen (secondary N) is 1. The molecule has 1 rings (SSSR count). The second kappa shape index (κ2) is 4.35. The summed E-state index contributed by atoms with van der Waals surface area (Å²) in [6, 6.07) is 4.94. The van der Waals surface area contributed by atoms with E-state index in [1.165, 1.54) is 25.3 Å². The van der Waals surface area contributed by atoms with E-state index < -0.39 is 12.0 Å². The molecule has 1 unspecified atom stereocenters. The van der Waals surface area contributed by atoms with E-state index in [-0.39, 0.29) is 0 Å². The highest BCUT2D eigenvalue weighted by Gasteiger charge is 2.08. The van der Waals surface area contributed by atoms with Crippen molar-refractivity contribution in [2.45, 2.75) is 13.0 Å². The first-order valence-corrected chi connectivity index (χ1v) is 3.98. The lowest BCUT2D eigenvalue weighted by atomic mass is 10.3. The van der Waals surface area contributed by atoms with Crippen molar-refractivity contribution in [1.82, 2.24) is 4.98 Å². The summed E-state index contributed by atoms with van der Waals surface area (Å²) in [5.74, 6) is -0.211. The molecule has 1 aromatic heterocycles. The molecule has 0 aliphatic heterocycles. The lowest BCUT2D eigenvalue weighted by Crippen LogP contribution is -2.24. The van der Waals surface area contributed by atoms with Gasteiger partial charge in [0.05, 0.1) is 5.56 Å². The van der Waals surface area contributed by atoms with Crippen molar-refractivity contribution in [3.05, 3.63) is 23.9 Å². The second-order valence-electron chi connectivity index (χ2n) is 2.71. The molecule has 72 valence electrons. The molecule has 1 heterocycles. The molecule has 1 amide bonds. The van der Waals surface area contributed by atoms with E-state index in [4.69, 9.17) is 10.4 Å². The molecule has 1 atom stereocenters. The largest absolute Gasteiger partial charge is 0.384 e. The van der Waals surface area contributed by atoms with Crippen LogP contribution >= 0.6 is 0 Å². The van der Waals surface area contributed by atoms with Gasteiger partial charge in [-0.05, 0) is 19.1 Å². The highest BCUT2D eigenvalue weighted by molar-refractivity contribution is 5.92. The van der Waals surface area contributed by atoms with Crippen LogP contribution in [0.3, 0.4) is 0 Å². The highest BCUT2D eigenvalue weighted by atomic mass is 16.3. The number of amides is 1. The van der Waals surface area contributed by atoms with Crippen LogP contribution in [0.2, 0.25) is 0 Å². The van der Waals surface area contributed by atoms with Crippen LogP contribution in [-0.2, 0) is 4.79 Å². The van der Waals surface area contributed by atoms with Crippen molar-refractivity contribution >= 4 is 11.7 Å². The molecule has 14 heavy (non-hydrogen) atoms. The molecule has 0 spiro atoms. The summed E-state index contributed by atoms with van der Waals surface area (Å²) < 4.78 is 0. The van der Waals surface area contributed by atoms with E-state index in [9.17, 15) is 4.79 Å². The number of pyridine rings is 1. The summed E-state index contributed by atoms with van der Waals surface area (Å²) in [7, 11) is 0. The van der Waals surface area contributed by atoms with Crippen LogP contribution in [-0.4, -0.2) is 22.1 Å². The Morgan fingerprint density at radius 3 is 2.86 bits per heavy atom. The zero-order valence-electron chi connectivity index (χ0n) is 7.56. The van der Waals surface area contributed by atoms with Crippen LogP contribution in [0.25, 0.3) is 0 Å². The third kappa shape index (κ3) is 2.54. The van der Waals surface area contributed by atoms with Crippen molar-refractivity contribution in [2.24, 2.45) is 0 Å². The Kier molecular flexibility index (Phi) is 3.15. The van der Waals surface area contributed by atoms with Crippen molar-refractivity contribution in [1.29, 1.82) is 5.26 Å². The maximum Gasteiger partial charge on any atom is 0.254 e. The summed E-state index contributed by atoms with van der Waals surface area (Å²) in [6.07, 6.45) is 0.268. The molecular formula is C9H9N3O2. The number of rotatable bonds is 2. The number of carbonyl (C=O) groups is 1. The summed E-state index contributed by atoms with van der Waals surface area (Å²) in [5.41, 5.74) is 0.417. The van der Waals surface area contributed by atoms with Gasteiger partial charge in [-0.2, -0.15) is 5.26 Å². The number of aliphatic hydroxyl groups excluding tert-OH is 1. The molecular weight excluding hydrogens is 182 g/mol. The third-order valence-corrected chi connectivity index (χ3v) is 1.52. The molecule has 0 aliphatic carbocycles. The second-order valence-corrected chi connectivity index (χ2v) is 2.71. The Morgan fingerprint density at radius 1 is 1.71 bits per heavy atom. The zero-order chi connectivity index (χ0) is 10.6. The molecule has 0 aromatic carbocycles. The fourth-order valence-corrected chi connectivity index (χ4v) is 0.765. The molecule has 0 aliphatic rings.